The van der Waals surface area contributed by atoms with Crippen LogP contribution in [0.1, 0.15) is 18.2 Å². The summed E-state index contributed by atoms with van der Waals surface area (Å²) < 4.78 is 1.63. The number of rotatable bonds is 3. The van der Waals surface area contributed by atoms with Crippen LogP contribution in [0.15, 0.2) is 34.9 Å². The van der Waals surface area contributed by atoms with Gasteiger partial charge in [-0.1, -0.05) is 11.2 Å². The molecule has 0 bridgehead atoms. The lowest BCUT2D eigenvalue weighted by molar-refractivity contribution is -0.135. The molecule has 1 amide bonds. The number of nitrogens with one attached hydrogen (secondary N) is 1. The van der Waals surface area contributed by atoms with E-state index in [4.69, 9.17) is 4.84 Å². The molecule has 6 nitrogen and oxygen atoms in total. The zero-order chi connectivity index (χ0) is 14.2. The molecule has 2 aromatic heterocycles. The number of oxime groups is 1. The summed E-state index contributed by atoms with van der Waals surface area (Å²) in [5.74, 6) is 0.262. The Morgan fingerprint density at radius 2 is 2.40 bits per heavy atom. The average molecular weight is 290 g/mol. The Labute approximate surface area is 120 Å². The molecule has 0 spiro atoms. The Morgan fingerprint density at radius 3 is 3.05 bits per heavy atom. The lowest BCUT2D eigenvalue weighted by Crippen LogP contribution is -2.40. The minimum Gasteiger partial charge on any atom is -0.379 e. The van der Waals surface area contributed by atoms with Gasteiger partial charge >= 0.3 is 0 Å². The molecule has 1 N–H and O–H groups in total. The van der Waals surface area contributed by atoms with E-state index in [1.165, 1.54) is 0 Å². The number of nitrogens with zero attached hydrogens (tertiary/aromatic N) is 3. The Kier molecular flexibility index (Phi) is 3.06. The van der Waals surface area contributed by atoms with E-state index in [0.717, 1.165) is 10.6 Å². The fourth-order valence-corrected chi connectivity index (χ4v) is 2.67. The van der Waals surface area contributed by atoms with Gasteiger partial charge in [0.2, 0.25) is 5.60 Å². The SMILES string of the molecule is Cn1ccc(NC(=O)[C@@]2(C)CC(c3cccs3)=NO2)n1. The largest absolute Gasteiger partial charge is 0.379 e. The number of carbonyl (C=O) groups excluding carboxylic acids is 1. The van der Waals surface area contributed by atoms with Crippen LogP contribution >= 0.6 is 11.3 Å². The van der Waals surface area contributed by atoms with E-state index < -0.39 is 5.60 Å². The van der Waals surface area contributed by atoms with Crippen molar-refractivity contribution >= 4 is 28.8 Å². The third kappa shape index (κ3) is 2.32. The molecular formula is C13H14N4O2S. The molecule has 2 aromatic rings. The molecule has 0 saturated heterocycles. The topological polar surface area (TPSA) is 68.5 Å². The van der Waals surface area contributed by atoms with Crippen molar-refractivity contribution in [3.8, 4) is 0 Å². The zero-order valence-electron chi connectivity index (χ0n) is 11.2. The first-order valence-electron chi connectivity index (χ1n) is 6.17. The smallest absolute Gasteiger partial charge is 0.272 e. The first-order valence-corrected chi connectivity index (χ1v) is 7.05. The molecule has 0 aliphatic carbocycles. The predicted molar refractivity (Wildman–Crippen MR) is 76.8 cm³/mol. The quantitative estimate of drug-likeness (QED) is 0.940. The molecule has 104 valence electrons. The third-order valence-corrected chi connectivity index (χ3v) is 4.02. The van der Waals surface area contributed by atoms with Crippen molar-refractivity contribution in [3.05, 3.63) is 34.7 Å². The van der Waals surface area contributed by atoms with Gasteiger partial charge in [0.15, 0.2) is 5.82 Å². The maximum Gasteiger partial charge on any atom is 0.272 e. The Hall–Kier alpha value is -2.15. The van der Waals surface area contributed by atoms with Gasteiger partial charge in [-0.15, -0.1) is 11.3 Å². The number of thiophene rings is 1. The Morgan fingerprint density at radius 1 is 1.55 bits per heavy atom. The highest BCUT2D eigenvalue weighted by molar-refractivity contribution is 7.12. The van der Waals surface area contributed by atoms with Crippen molar-refractivity contribution in [3.63, 3.8) is 0 Å². The Balaban J connectivity index is 1.70. The van der Waals surface area contributed by atoms with Gasteiger partial charge in [-0.2, -0.15) is 5.10 Å². The van der Waals surface area contributed by atoms with E-state index in [2.05, 4.69) is 15.6 Å². The highest BCUT2D eigenvalue weighted by Gasteiger charge is 2.42. The van der Waals surface area contributed by atoms with Crippen LogP contribution in [-0.2, 0) is 16.7 Å². The standard InChI is InChI=1S/C13H14N4O2S/c1-13(12(18)14-11-5-6-17(2)15-11)8-9(16-19-13)10-4-3-7-20-10/h3-7H,8H2,1-2H3,(H,14,15,18)/t13-/m1/s1. The number of carbonyl (C=O) groups is 1. The highest BCUT2D eigenvalue weighted by atomic mass is 32.1. The van der Waals surface area contributed by atoms with Crippen LogP contribution in [0.2, 0.25) is 0 Å². The lowest BCUT2D eigenvalue weighted by Gasteiger charge is -2.19. The normalized spacial score (nSPS) is 21.4. The van der Waals surface area contributed by atoms with Crippen LogP contribution in [0.25, 0.3) is 0 Å². The van der Waals surface area contributed by atoms with E-state index in [-0.39, 0.29) is 5.91 Å². The van der Waals surface area contributed by atoms with Gasteiger partial charge in [0.05, 0.1) is 4.88 Å². The summed E-state index contributed by atoms with van der Waals surface area (Å²) in [4.78, 5) is 18.7. The molecule has 0 unspecified atom stereocenters. The summed E-state index contributed by atoms with van der Waals surface area (Å²) >= 11 is 1.58. The van der Waals surface area contributed by atoms with Gasteiger partial charge < -0.3 is 10.2 Å². The molecule has 0 aromatic carbocycles. The molecule has 0 saturated carbocycles. The fraction of sp³-hybridized carbons (Fsp3) is 0.308. The fourth-order valence-electron chi connectivity index (χ4n) is 1.97. The molecule has 3 rings (SSSR count). The van der Waals surface area contributed by atoms with E-state index >= 15 is 0 Å². The van der Waals surface area contributed by atoms with Gasteiger partial charge in [0.1, 0.15) is 5.71 Å². The number of anilines is 1. The Bertz CT molecular complexity index is 662. The molecule has 0 radical (unpaired) electrons. The lowest BCUT2D eigenvalue weighted by atomic mass is 9.98. The molecule has 0 fully saturated rings. The van der Waals surface area contributed by atoms with Gasteiger partial charge in [-0.3, -0.25) is 9.48 Å². The second-order valence-corrected chi connectivity index (χ2v) is 5.79. The number of hydrogen-bond acceptors (Lipinski definition) is 5. The summed E-state index contributed by atoms with van der Waals surface area (Å²) in [5.41, 5.74) is -0.185. The highest BCUT2D eigenvalue weighted by Crippen LogP contribution is 2.29. The second-order valence-electron chi connectivity index (χ2n) is 4.84. The van der Waals surface area contributed by atoms with Crippen LogP contribution in [0.4, 0.5) is 5.82 Å². The minimum atomic E-state index is -0.989. The van der Waals surface area contributed by atoms with Crippen molar-refractivity contribution in [1.82, 2.24) is 9.78 Å². The predicted octanol–water partition coefficient (Wildman–Crippen LogP) is 2.00. The molecule has 7 heteroatoms. The third-order valence-electron chi connectivity index (χ3n) is 3.10. The molecule has 1 aliphatic rings. The second kappa shape index (κ2) is 4.75. The minimum absolute atomic E-state index is 0.244. The number of amides is 1. The van der Waals surface area contributed by atoms with Crippen molar-refractivity contribution < 1.29 is 9.63 Å². The molecule has 1 aliphatic heterocycles. The van der Waals surface area contributed by atoms with Crippen LogP contribution in [-0.4, -0.2) is 27.0 Å². The van der Waals surface area contributed by atoms with Crippen molar-refractivity contribution in [1.29, 1.82) is 0 Å². The number of aromatic nitrogens is 2. The zero-order valence-corrected chi connectivity index (χ0v) is 12.0. The number of aryl methyl sites for hydroxylation is 1. The summed E-state index contributed by atoms with van der Waals surface area (Å²) in [5, 5.41) is 12.9. The van der Waals surface area contributed by atoms with Gasteiger partial charge in [-0.25, -0.2) is 0 Å². The molecular weight excluding hydrogens is 276 g/mol. The summed E-state index contributed by atoms with van der Waals surface area (Å²) in [6.07, 6.45) is 2.22. The van der Waals surface area contributed by atoms with Crippen LogP contribution in [0.3, 0.4) is 0 Å². The summed E-state index contributed by atoms with van der Waals surface area (Å²) in [7, 11) is 1.79. The van der Waals surface area contributed by atoms with E-state index in [1.54, 1.807) is 42.3 Å². The summed E-state index contributed by atoms with van der Waals surface area (Å²) in [6.45, 7) is 1.73. The molecule has 20 heavy (non-hydrogen) atoms. The van der Waals surface area contributed by atoms with E-state index in [0.29, 0.717) is 12.2 Å². The van der Waals surface area contributed by atoms with Crippen molar-refractivity contribution in [2.45, 2.75) is 18.9 Å². The van der Waals surface area contributed by atoms with Crippen molar-refractivity contribution in [2.24, 2.45) is 12.2 Å². The van der Waals surface area contributed by atoms with Gasteiger partial charge in [0, 0.05) is 25.7 Å². The van der Waals surface area contributed by atoms with Crippen molar-refractivity contribution in [2.75, 3.05) is 5.32 Å². The van der Waals surface area contributed by atoms with Crippen LogP contribution in [0, 0.1) is 0 Å². The van der Waals surface area contributed by atoms with Gasteiger partial charge in [-0.05, 0) is 18.4 Å². The van der Waals surface area contributed by atoms with Crippen LogP contribution in [0.5, 0.6) is 0 Å². The van der Waals surface area contributed by atoms with Gasteiger partial charge in [0.25, 0.3) is 5.91 Å². The van der Waals surface area contributed by atoms with Crippen LogP contribution < -0.4 is 5.32 Å². The molecule has 3 heterocycles. The first-order chi connectivity index (χ1) is 9.57. The molecule has 1 atom stereocenters. The average Bonchev–Trinajstić information content (AvgIpc) is 3.10. The number of hydrogen-bond donors (Lipinski definition) is 1. The monoisotopic (exact) mass is 290 g/mol. The maximum absolute atomic E-state index is 12.3. The maximum atomic E-state index is 12.3. The van der Waals surface area contributed by atoms with E-state index in [1.807, 2.05) is 17.5 Å². The van der Waals surface area contributed by atoms with E-state index in [9.17, 15) is 4.79 Å². The first kappa shape index (κ1) is 12.9. The summed E-state index contributed by atoms with van der Waals surface area (Å²) in [6, 6.07) is 5.65.